The van der Waals surface area contributed by atoms with Crippen molar-refractivity contribution in [2.75, 3.05) is 7.05 Å². The molecule has 0 aliphatic heterocycles. The largest absolute Gasteiger partial charge is 0.408 e. The van der Waals surface area contributed by atoms with Gasteiger partial charge in [0.25, 0.3) is 0 Å². The van der Waals surface area contributed by atoms with E-state index in [2.05, 4.69) is 26.1 Å². The summed E-state index contributed by atoms with van der Waals surface area (Å²) in [6, 6.07) is 0. The Hall–Kier alpha value is -1.94. The van der Waals surface area contributed by atoms with Crippen molar-refractivity contribution >= 4 is 39.3 Å². The molecule has 184 valence electrons. The van der Waals surface area contributed by atoms with Gasteiger partial charge in [-0.1, -0.05) is 11.6 Å². The smallest absolute Gasteiger partial charge is 0.358 e. The zero-order chi connectivity index (χ0) is 24.4. The Morgan fingerprint density at radius 3 is 2.62 bits per heavy atom. The van der Waals surface area contributed by atoms with E-state index < -0.39 is 4.92 Å². The quantitative estimate of drug-likeness (QED) is 0.352. The molecule has 0 radical (unpaired) electrons. The molecule has 2 aromatic rings. The van der Waals surface area contributed by atoms with E-state index in [0.717, 1.165) is 48.8 Å². The second-order valence-electron chi connectivity index (χ2n) is 10.8. The monoisotopic (exact) mass is 552 g/mol. The first kappa shape index (κ1) is 23.8. The molecule has 0 N–H and O–H groups in total. The molecule has 0 saturated heterocycles. The van der Waals surface area contributed by atoms with Crippen molar-refractivity contribution < 1.29 is 9.72 Å². The van der Waals surface area contributed by atoms with Crippen molar-refractivity contribution in [2.24, 2.45) is 17.3 Å². The lowest BCUT2D eigenvalue weighted by Gasteiger charge is -2.61. The molecule has 34 heavy (non-hydrogen) atoms. The minimum Gasteiger partial charge on any atom is -0.358 e. The van der Waals surface area contributed by atoms with E-state index >= 15 is 0 Å². The molecule has 4 aliphatic carbocycles. The number of aryl methyl sites for hydroxylation is 1. The van der Waals surface area contributed by atoms with Crippen LogP contribution in [-0.4, -0.2) is 42.3 Å². The van der Waals surface area contributed by atoms with Crippen molar-refractivity contribution in [1.29, 1.82) is 0 Å². The Morgan fingerprint density at radius 2 is 2.03 bits per heavy atom. The molecule has 0 aromatic carbocycles. The number of hydrogen-bond donors (Lipinski definition) is 0. The molecule has 2 aromatic heterocycles. The fraction of sp³-hybridized carbons (Fsp3) is 0.696. The van der Waals surface area contributed by atoms with Crippen LogP contribution >= 0.6 is 27.5 Å². The number of carbonyl (C=O) groups is 1. The number of amides is 1. The van der Waals surface area contributed by atoms with Crippen LogP contribution in [0.25, 0.3) is 0 Å². The Labute approximate surface area is 212 Å². The molecular formula is C23H30BrClN6O3. The molecule has 4 saturated carbocycles. The van der Waals surface area contributed by atoms with Crippen LogP contribution in [-0.2, 0) is 23.4 Å². The summed E-state index contributed by atoms with van der Waals surface area (Å²) in [5, 5.41) is 20.4. The molecule has 9 nitrogen and oxygen atoms in total. The zero-order valence-corrected chi connectivity index (χ0v) is 22.1. The van der Waals surface area contributed by atoms with Gasteiger partial charge in [-0.2, -0.15) is 9.78 Å². The second kappa shape index (κ2) is 8.33. The first-order chi connectivity index (χ1) is 16.1. The number of nitro groups is 1. The molecule has 11 heteroatoms. The van der Waals surface area contributed by atoms with Crippen molar-refractivity contribution in [2.45, 2.75) is 77.4 Å². The number of rotatable bonds is 7. The summed E-state index contributed by atoms with van der Waals surface area (Å²) in [4.78, 5) is 26.3. The fourth-order valence-corrected chi connectivity index (χ4v) is 8.10. The molecule has 1 amide bonds. The maximum absolute atomic E-state index is 13.5. The highest BCUT2D eigenvalue weighted by Crippen LogP contribution is 2.65. The van der Waals surface area contributed by atoms with Gasteiger partial charge < -0.3 is 15.0 Å². The van der Waals surface area contributed by atoms with Crippen molar-refractivity contribution in [1.82, 2.24) is 24.5 Å². The highest BCUT2D eigenvalue weighted by atomic mass is 79.9. The second-order valence-corrected chi connectivity index (χ2v) is 12.0. The van der Waals surface area contributed by atoms with Crippen LogP contribution in [0, 0.1) is 34.3 Å². The van der Waals surface area contributed by atoms with Gasteiger partial charge in [-0.15, -0.1) is 0 Å². The Balaban J connectivity index is 1.40. The third-order valence-corrected chi connectivity index (χ3v) is 9.44. The Kier molecular flexibility index (Phi) is 5.82. The third-order valence-electron chi connectivity index (χ3n) is 8.34. The first-order valence-electron chi connectivity index (χ1n) is 11.9. The number of nitrogens with zero attached hydrogens (tertiary/aromatic N) is 6. The molecule has 0 spiro atoms. The number of aromatic nitrogens is 4. The SMILES string of the molecule is CCn1ncc(Br)c1CN(C)C(=O)CC12CC3CC(C1)CC(n1nc([N+](=O)[O-])c(Cl)c1C)(C3)C2. The van der Waals surface area contributed by atoms with Gasteiger partial charge in [0.05, 0.1) is 39.2 Å². The Bertz CT molecular complexity index is 1150. The van der Waals surface area contributed by atoms with Crippen LogP contribution in [0.15, 0.2) is 10.7 Å². The lowest BCUT2D eigenvalue weighted by Crippen LogP contribution is -2.58. The molecule has 2 heterocycles. The normalized spacial score (nSPS) is 29.6. The molecule has 4 fully saturated rings. The molecule has 6 rings (SSSR count). The maximum atomic E-state index is 13.5. The van der Waals surface area contributed by atoms with Crippen molar-refractivity contribution in [3.05, 3.63) is 37.2 Å². The molecular weight excluding hydrogens is 524 g/mol. The molecule has 4 bridgehead atoms. The van der Waals surface area contributed by atoms with Crippen LogP contribution in [0.2, 0.25) is 5.02 Å². The summed E-state index contributed by atoms with van der Waals surface area (Å²) in [5.74, 6) is 0.889. The Morgan fingerprint density at radius 1 is 1.35 bits per heavy atom. The summed E-state index contributed by atoms with van der Waals surface area (Å²) in [6.45, 7) is 5.10. The maximum Gasteiger partial charge on any atom is 0.408 e. The minimum absolute atomic E-state index is 0.0999. The van der Waals surface area contributed by atoms with Gasteiger partial charge in [0.1, 0.15) is 0 Å². The van der Waals surface area contributed by atoms with Crippen LogP contribution in [0.1, 0.15) is 63.3 Å². The third kappa shape index (κ3) is 3.77. The summed E-state index contributed by atoms with van der Waals surface area (Å²) in [6.07, 6.45) is 8.24. The molecule has 2 unspecified atom stereocenters. The van der Waals surface area contributed by atoms with Crippen LogP contribution in [0.5, 0.6) is 0 Å². The summed E-state index contributed by atoms with van der Waals surface area (Å²) in [5.41, 5.74) is 1.26. The lowest BCUT2D eigenvalue weighted by molar-refractivity contribution is -0.389. The molecule has 4 aliphatic rings. The van der Waals surface area contributed by atoms with Crippen LogP contribution < -0.4 is 0 Å². The highest BCUT2D eigenvalue weighted by Gasteiger charge is 2.61. The van der Waals surface area contributed by atoms with E-state index in [-0.39, 0.29) is 27.7 Å². The van der Waals surface area contributed by atoms with Gasteiger partial charge in [0.15, 0.2) is 5.02 Å². The summed E-state index contributed by atoms with van der Waals surface area (Å²) < 4.78 is 4.67. The van der Waals surface area contributed by atoms with E-state index in [1.165, 1.54) is 6.42 Å². The fourth-order valence-electron chi connectivity index (χ4n) is 7.49. The summed E-state index contributed by atoms with van der Waals surface area (Å²) >= 11 is 9.87. The van der Waals surface area contributed by atoms with Gasteiger partial charge >= 0.3 is 5.82 Å². The van der Waals surface area contributed by atoms with Crippen molar-refractivity contribution in [3.8, 4) is 0 Å². The first-order valence-corrected chi connectivity index (χ1v) is 13.1. The number of halogens is 2. The van der Waals surface area contributed by atoms with Crippen LogP contribution in [0.4, 0.5) is 5.82 Å². The van der Waals surface area contributed by atoms with E-state index in [9.17, 15) is 14.9 Å². The predicted octanol–water partition coefficient (Wildman–Crippen LogP) is 5.08. The van der Waals surface area contributed by atoms with Crippen molar-refractivity contribution in [3.63, 3.8) is 0 Å². The summed E-state index contributed by atoms with van der Waals surface area (Å²) in [7, 11) is 1.86. The highest BCUT2D eigenvalue weighted by molar-refractivity contribution is 9.10. The average Bonchev–Trinajstić information content (AvgIpc) is 3.26. The topological polar surface area (TPSA) is 99.1 Å². The van der Waals surface area contributed by atoms with Gasteiger partial charge in [-0.3, -0.25) is 9.48 Å². The lowest BCUT2D eigenvalue weighted by atomic mass is 9.46. The van der Waals surface area contributed by atoms with Gasteiger partial charge in [-0.25, -0.2) is 0 Å². The number of carbonyl (C=O) groups excluding carboxylic acids is 1. The standard InChI is InChI=1S/C23H30BrClN6O3/c1-4-29-18(17(24)11-26-29)12-28(3)19(32)10-22-6-15-5-16(7-22)9-23(8-15,13-22)30-14(2)20(25)21(27-30)31(33)34/h11,15-16H,4-10,12-13H2,1-3H3. The van der Waals surface area contributed by atoms with Crippen LogP contribution in [0.3, 0.4) is 0 Å². The van der Waals surface area contributed by atoms with Gasteiger partial charge in [-0.05, 0) is 90.5 Å². The van der Waals surface area contributed by atoms with E-state index in [0.29, 0.717) is 30.5 Å². The molecule has 2 atom stereocenters. The minimum atomic E-state index is -0.500. The van der Waals surface area contributed by atoms with E-state index in [1.54, 1.807) is 11.1 Å². The predicted molar refractivity (Wildman–Crippen MR) is 130 cm³/mol. The van der Waals surface area contributed by atoms with Gasteiger partial charge in [0.2, 0.25) is 5.91 Å². The number of hydrogen-bond acceptors (Lipinski definition) is 5. The zero-order valence-electron chi connectivity index (χ0n) is 19.8. The average molecular weight is 554 g/mol. The van der Waals surface area contributed by atoms with E-state index in [1.807, 2.05) is 30.3 Å². The van der Waals surface area contributed by atoms with Gasteiger partial charge in [0, 0.05) is 20.0 Å². The van der Waals surface area contributed by atoms with E-state index in [4.69, 9.17) is 11.6 Å².